The molecule has 0 saturated heterocycles. The van der Waals surface area contributed by atoms with Gasteiger partial charge in [-0.15, -0.1) is 0 Å². The molecule has 0 radical (unpaired) electrons. The van der Waals surface area contributed by atoms with Gasteiger partial charge in [0.1, 0.15) is 11.2 Å². The van der Waals surface area contributed by atoms with Crippen LogP contribution in [0.3, 0.4) is 0 Å². The van der Waals surface area contributed by atoms with Gasteiger partial charge in [0.15, 0.2) is 0 Å². The van der Waals surface area contributed by atoms with Crippen molar-refractivity contribution in [2.45, 2.75) is 5.92 Å². The predicted molar refractivity (Wildman–Crippen MR) is 260 cm³/mol. The summed E-state index contributed by atoms with van der Waals surface area (Å²) in [6.07, 6.45) is 0. The van der Waals surface area contributed by atoms with Gasteiger partial charge < -0.3 is 4.42 Å². The lowest BCUT2D eigenvalue weighted by Crippen LogP contribution is -2.04. The number of furan rings is 1. The molecule has 0 fully saturated rings. The Morgan fingerprint density at radius 2 is 0.613 bits per heavy atom. The van der Waals surface area contributed by atoms with Crippen LogP contribution in [-0.2, 0) is 0 Å². The average molecular weight is 791 g/mol. The van der Waals surface area contributed by atoms with Crippen molar-refractivity contribution in [2.24, 2.45) is 0 Å². The summed E-state index contributed by atoms with van der Waals surface area (Å²) < 4.78 is 6.39. The van der Waals surface area contributed by atoms with Crippen LogP contribution >= 0.6 is 0 Å². The molecule has 11 rings (SSSR count). The van der Waals surface area contributed by atoms with Crippen LogP contribution in [0.1, 0.15) is 22.6 Å². The van der Waals surface area contributed by atoms with E-state index in [4.69, 9.17) is 4.42 Å². The number of hydrogen-bond donors (Lipinski definition) is 0. The highest BCUT2D eigenvalue weighted by Crippen LogP contribution is 2.39. The Morgan fingerprint density at radius 3 is 1.13 bits per heavy atom. The summed E-state index contributed by atoms with van der Waals surface area (Å²) in [5.41, 5.74) is 19.9. The zero-order valence-corrected chi connectivity index (χ0v) is 34.2. The van der Waals surface area contributed by atoms with E-state index in [0.29, 0.717) is 0 Å². The molecular weight excluding hydrogens is 749 g/mol. The molecule has 0 aliphatic carbocycles. The van der Waals surface area contributed by atoms with Gasteiger partial charge in [0.2, 0.25) is 0 Å². The standard InChI is InChI=1S/C61H42O/c1-3-11-42(12-4-1)44-21-25-46(26-22-44)48-31-37-52(38-32-48)60(53-39-33-49(34-40-53)47-27-23-45(24-28-47)43-13-5-2-6-14-43)55-16-9-15-54(41-55)50-29-35-51(36-30-50)56-18-10-19-58-57-17-7-8-20-59(57)62-61(56)58/h1-41,60H. The molecular formula is C61H42O. The molecule has 0 aliphatic heterocycles. The minimum atomic E-state index is 0.0314. The molecule has 10 aromatic carbocycles. The number of fused-ring (bicyclic) bond motifs is 3. The second-order valence-electron chi connectivity index (χ2n) is 16.0. The smallest absolute Gasteiger partial charge is 0.143 e. The van der Waals surface area contributed by atoms with Crippen LogP contribution in [0.2, 0.25) is 0 Å². The van der Waals surface area contributed by atoms with Crippen LogP contribution in [0.25, 0.3) is 88.7 Å². The van der Waals surface area contributed by atoms with E-state index in [1.165, 1.54) is 72.3 Å². The third kappa shape index (κ3) is 7.21. The highest BCUT2D eigenvalue weighted by molar-refractivity contribution is 6.09. The second-order valence-corrected chi connectivity index (χ2v) is 16.0. The molecule has 0 atom stereocenters. The molecule has 0 amide bonds. The lowest BCUT2D eigenvalue weighted by molar-refractivity contribution is 0.670. The first-order valence-corrected chi connectivity index (χ1v) is 21.3. The van der Waals surface area contributed by atoms with E-state index in [0.717, 1.165) is 33.1 Å². The van der Waals surface area contributed by atoms with Gasteiger partial charge in [0, 0.05) is 22.3 Å². The molecule has 0 aliphatic rings. The number of para-hydroxylation sites is 2. The highest BCUT2D eigenvalue weighted by atomic mass is 16.3. The van der Waals surface area contributed by atoms with Gasteiger partial charge in [-0.05, 0) is 84.0 Å². The Kier molecular flexibility index (Phi) is 9.69. The highest BCUT2D eigenvalue weighted by Gasteiger charge is 2.19. The molecule has 1 aromatic heterocycles. The Morgan fingerprint density at radius 1 is 0.242 bits per heavy atom. The predicted octanol–water partition coefficient (Wildman–Crippen LogP) is 16.8. The van der Waals surface area contributed by atoms with E-state index in [-0.39, 0.29) is 5.92 Å². The minimum absolute atomic E-state index is 0.0314. The molecule has 0 spiro atoms. The van der Waals surface area contributed by atoms with Crippen molar-refractivity contribution >= 4 is 21.9 Å². The van der Waals surface area contributed by atoms with Crippen molar-refractivity contribution in [3.05, 3.63) is 265 Å². The van der Waals surface area contributed by atoms with Crippen LogP contribution in [0.5, 0.6) is 0 Å². The van der Waals surface area contributed by atoms with Gasteiger partial charge in [-0.25, -0.2) is 0 Å². The molecule has 0 unspecified atom stereocenters. The lowest BCUT2D eigenvalue weighted by atomic mass is 9.83. The zero-order valence-electron chi connectivity index (χ0n) is 34.2. The van der Waals surface area contributed by atoms with Crippen molar-refractivity contribution in [3.8, 4) is 66.8 Å². The summed E-state index contributed by atoms with van der Waals surface area (Å²) in [5.74, 6) is 0.0314. The quantitative estimate of drug-likeness (QED) is 0.133. The van der Waals surface area contributed by atoms with E-state index in [2.05, 4.69) is 237 Å². The first-order chi connectivity index (χ1) is 30.7. The van der Waals surface area contributed by atoms with Gasteiger partial charge in [-0.3, -0.25) is 0 Å². The maximum absolute atomic E-state index is 6.39. The van der Waals surface area contributed by atoms with E-state index < -0.39 is 0 Å². The summed E-state index contributed by atoms with van der Waals surface area (Å²) in [4.78, 5) is 0. The first-order valence-electron chi connectivity index (χ1n) is 21.3. The Bertz CT molecular complexity index is 3140. The van der Waals surface area contributed by atoms with E-state index >= 15 is 0 Å². The summed E-state index contributed by atoms with van der Waals surface area (Å²) in [6.45, 7) is 0. The number of rotatable bonds is 9. The van der Waals surface area contributed by atoms with Crippen molar-refractivity contribution in [1.29, 1.82) is 0 Å². The molecule has 62 heavy (non-hydrogen) atoms. The maximum Gasteiger partial charge on any atom is 0.143 e. The molecule has 1 heteroatoms. The van der Waals surface area contributed by atoms with Crippen LogP contribution in [0, 0.1) is 0 Å². The second kappa shape index (κ2) is 16.2. The lowest BCUT2D eigenvalue weighted by Gasteiger charge is -2.21. The summed E-state index contributed by atoms with van der Waals surface area (Å²) >= 11 is 0. The average Bonchev–Trinajstić information content (AvgIpc) is 3.75. The van der Waals surface area contributed by atoms with Gasteiger partial charge in [0.25, 0.3) is 0 Å². The van der Waals surface area contributed by atoms with Crippen molar-refractivity contribution < 1.29 is 4.42 Å². The fourth-order valence-corrected chi connectivity index (χ4v) is 9.00. The van der Waals surface area contributed by atoms with Gasteiger partial charge >= 0.3 is 0 Å². The summed E-state index contributed by atoms with van der Waals surface area (Å²) in [5, 5.41) is 2.29. The molecule has 0 bridgehead atoms. The normalized spacial score (nSPS) is 11.4. The fourth-order valence-electron chi connectivity index (χ4n) is 9.00. The largest absolute Gasteiger partial charge is 0.455 e. The molecule has 292 valence electrons. The van der Waals surface area contributed by atoms with Gasteiger partial charge in [-0.2, -0.15) is 0 Å². The molecule has 0 saturated carbocycles. The topological polar surface area (TPSA) is 13.1 Å². The maximum atomic E-state index is 6.39. The van der Waals surface area contributed by atoms with E-state index in [9.17, 15) is 0 Å². The molecule has 11 aromatic rings. The monoisotopic (exact) mass is 790 g/mol. The van der Waals surface area contributed by atoms with Gasteiger partial charge in [0.05, 0.1) is 0 Å². The molecule has 1 nitrogen and oxygen atoms in total. The number of hydrogen-bond acceptors (Lipinski definition) is 1. The van der Waals surface area contributed by atoms with Crippen LogP contribution in [-0.4, -0.2) is 0 Å². The SMILES string of the molecule is c1ccc(-c2ccc(-c3ccc(C(c4ccc(-c5ccc(-c6ccccc6)cc5)cc4)c4cccc(-c5ccc(-c6cccc7c6oc6ccccc67)cc5)c4)cc3)cc2)cc1. The Hall–Kier alpha value is -8.00. The van der Waals surface area contributed by atoms with E-state index in [1.54, 1.807) is 0 Å². The summed E-state index contributed by atoms with van der Waals surface area (Å²) in [6, 6.07) is 89.9. The number of benzene rings is 10. The first kappa shape index (κ1) is 37.0. The minimum Gasteiger partial charge on any atom is -0.455 e. The molecule has 1 heterocycles. The third-order valence-corrected chi connectivity index (χ3v) is 12.3. The fraction of sp³-hybridized carbons (Fsp3) is 0.0164. The Balaban J connectivity index is 0.925. The van der Waals surface area contributed by atoms with Crippen LogP contribution in [0.15, 0.2) is 253 Å². The Labute approximate surface area is 362 Å². The van der Waals surface area contributed by atoms with Crippen molar-refractivity contribution in [3.63, 3.8) is 0 Å². The van der Waals surface area contributed by atoms with Crippen molar-refractivity contribution in [2.75, 3.05) is 0 Å². The molecule has 0 N–H and O–H groups in total. The van der Waals surface area contributed by atoms with Crippen LogP contribution < -0.4 is 0 Å². The van der Waals surface area contributed by atoms with E-state index in [1.807, 2.05) is 12.1 Å². The third-order valence-electron chi connectivity index (χ3n) is 12.3. The zero-order chi connectivity index (χ0) is 41.2. The van der Waals surface area contributed by atoms with Crippen molar-refractivity contribution in [1.82, 2.24) is 0 Å². The van der Waals surface area contributed by atoms with Crippen LogP contribution in [0.4, 0.5) is 0 Å². The summed E-state index contributed by atoms with van der Waals surface area (Å²) in [7, 11) is 0. The van der Waals surface area contributed by atoms with Gasteiger partial charge in [-0.1, -0.05) is 243 Å².